The maximum atomic E-state index is 14.4. The Bertz CT molecular complexity index is 579. The summed E-state index contributed by atoms with van der Waals surface area (Å²) >= 11 is 0. The molecule has 0 aromatic heterocycles. The van der Waals surface area contributed by atoms with Gasteiger partial charge in [0.05, 0.1) is 6.61 Å². The summed E-state index contributed by atoms with van der Waals surface area (Å²) in [6.07, 6.45) is 6.42. The zero-order chi connectivity index (χ0) is 17.4. The Balaban J connectivity index is 2.06. The van der Waals surface area contributed by atoms with E-state index in [2.05, 4.69) is 0 Å². The largest absolute Gasteiger partial charge is 0.363 e. The third-order valence-corrected chi connectivity index (χ3v) is 4.07. The fourth-order valence-corrected chi connectivity index (χ4v) is 2.69. The maximum absolute atomic E-state index is 14.4. The fraction of sp³-hybridized carbons (Fsp3) is 0.450. The van der Waals surface area contributed by atoms with Gasteiger partial charge in [-0.3, -0.25) is 4.79 Å². The van der Waals surface area contributed by atoms with E-state index in [-0.39, 0.29) is 18.3 Å². The molecule has 0 bridgehead atoms. The van der Waals surface area contributed by atoms with Crippen LogP contribution in [0.4, 0.5) is 8.78 Å². The van der Waals surface area contributed by atoms with Crippen LogP contribution < -0.4 is 0 Å². The predicted molar refractivity (Wildman–Crippen MR) is 90.9 cm³/mol. The third kappa shape index (κ3) is 5.68. The number of rotatable bonds is 8. The second kappa shape index (κ2) is 8.88. The highest BCUT2D eigenvalue weighted by molar-refractivity contribution is 5.80. The minimum Gasteiger partial charge on any atom is -0.363 e. The van der Waals surface area contributed by atoms with Gasteiger partial charge in [0.1, 0.15) is 11.9 Å². The van der Waals surface area contributed by atoms with Gasteiger partial charge in [-0.2, -0.15) is 8.78 Å². The van der Waals surface area contributed by atoms with E-state index >= 15 is 0 Å². The summed E-state index contributed by atoms with van der Waals surface area (Å²) in [4.78, 5) is 11.3. The Labute approximate surface area is 142 Å². The van der Waals surface area contributed by atoms with Gasteiger partial charge in [0.25, 0.3) is 5.92 Å². The van der Waals surface area contributed by atoms with Crippen LogP contribution in [0.25, 0.3) is 0 Å². The Hall–Kier alpha value is -1.81. The molecule has 0 amide bonds. The van der Waals surface area contributed by atoms with Gasteiger partial charge in [0, 0.05) is 12.8 Å². The monoisotopic (exact) mass is 334 g/mol. The van der Waals surface area contributed by atoms with E-state index in [1.165, 1.54) is 12.2 Å². The van der Waals surface area contributed by atoms with Gasteiger partial charge in [-0.15, -0.1) is 0 Å². The lowest BCUT2D eigenvalue weighted by Crippen LogP contribution is -2.32. The molecule has 1 aromatic carbocycles. The van der Waals surface area contributed by atoms with Crippen molar-refractivity contribution in [2.24, 2.45) is 5.92 Å². The van der Waals surface area contributed by atoms with Crippen LogP contribution in [0.2, 0.25) is 0 Å². The molecule has 1 aromatic rings. The van der Waals surface area contributed by atoms with Crippen LogP contribution in [0.15, 0.2) is 54.6 Å². The highest BCUT2D eigenvalue weighted by Gasteiger charge is 2.36. The van der Waals surface area contributed by atoms with Crippen LogP contribution in [0, 0.1) is 5.92 Å². The number of halogens is 2. The van der Waals surface area contributed by atoms with Crippen molar-refractivity contribution < 1.29 is 18.3 Å². The minimum absolute atomic E-state index is 0.0475. The summed E-state index contributed by atoms with van der Waals surface area (Å²) in [5, 5.41) is 0. The normalized spacial score (nSPS) is 20.3. The molecule has 2 rings (SSSR count). The number of ether oxygens (including phenoxy) is 1. The molecular weight excluding hydrogens is 310 g/mol. The lowest BCUT2D eigenvalue weighted by Gasteiger charge is -2.22. The zero-order valence-corrected chi connectivity index (χ0v) is 14.0. The van der Waals surface area contributed by atoms with Gasteiger partial charge in [0.15, 0.2) is 0 Å². The molecule has 2 atom stereocenters. The van der Waals surface area contributed by atoms with Crippen molar-refractivity contribution in [3.05, 3.63) is 60.2 Å². The highest BCUT2D eigenvalue weighted by atomic mass is 19.3. The van der Waals surface area contributed by atoms with E-state index in [0.29, 0.717) is 19.3 Å². The summed E-state index contributed by atoms with van der Waals surface area (Å²) in [6.45, 7) is 1.93. The number of Topliss-reactive ketones (excluding diaryl/α,β-unsaturated/α-hetero) is 1. The van der Waals surface area contributed by atoms with E-state index in [1.807, 2.05) is 37.3 Å². The maximum Gasteiger partial charge on any atom is 0.295 e. The first kappa shape index (κ1) is 18.5. The van der Waals surface area contributed by atoms with Crippen LogP contribution in [0.5, 0.6) is 0 Å². The van der Waals surface area contributed by atoms with Gasteiger partial charge < -0.3 is 4.74 Å². The number of hydrogen-bond acceptors (Lipinski definition) is 2. The first-order valence-electron chi connectivity index (χ1n) is 8.42. The molecule has 1 aliphatic carbocycles. The summed E-state index contributed by atoms with van der Waals surface area (Å²) in [7, 11) is 0. The van der Waals surface area contributed by atoms with E-state index in [0.717, 1.165) is 18.1 Å². The van der Waals surface area contributed by atoms with E-state index < -0.39 is 12.0 Å². The van der Waals surface area contributed by atoms with Gasteiger partial charge in [-0.05, 0) is 30.4 Å². The number of alkyl halides is 2. The summed E-state index contributed by atoms with van der Waals surface area (Å²) in [5.74, 6) is -2.83. The Morgan fingerprint density at radius 3 is 2.71 bits per heavy atom. The summed E-state index contributed by atoms with van der Waals surface area (Å²) in [6, 6.07) is 9.26. The Kier molecular flexibility index (Phi) is 6.85. The number of carbonyl (C=O) groups excluding carboxylic acids is 1. The molecule has 1 saturated carbocycles. The molecule has 2 nitrogen and oxygen atoms in total. The molecule has 4 heteroatoms. The molecule has 1 aliphatic rings. The number of benzene rings is 1. The van der Waals surface area contributed by atoms with Gasteiger partial charge in [-0.25, -0.2) is 0 Å². The first-order valence-corrected chi connectivity index (χ1v) is 8.42. The highest BCUT2D eigenvalue weighted by Crippen LogP contribution is 2.28. The van der Waals surface area contributed by atoms with Gasteiger partial charge >= 0.3 is 0 Å². The second-order valence-electron chi connectivity index (χ2n) is 6.13. The zero-order valence-electron chi connectivity index (χ0n) is 14.0. The number of allylic oxidation sites excluding steroid dienone is 2. The van der Waals surface area contributed by atoms with Crippen LogP contribution >= 0.6 is 0 Å². The molecule has 130 valence electrons. The fourth-order valence-electron chi connectivity index (χ4n) is 2.69. The summed E-state index contributed by atoms with van der Waals surface area (Å²) in [5.41, 5.74) is 0.849. The molecule has 0 saturated heterocycles. The lowest BCUT2D eigenvalue weighted by molar-refractivity contribution is -0.117. The van der Waals surface area contributed by atoms with Crippen molar-refractivity contribution in [2.45, 2.75) is 51.2 Å². The predicted octanol–water partition coefficient (Wildman–Crippen LogP) is 5.10. The molecule has 0 aliphatic heterocycles. The van der Waals surface area contributed by atoms with Crippen molar-refractivity contribution in [2.75, 3.05) is 0 Å². The molecule has 0 N–H and O–H groups in total. The molecule has 1 unspecified atom stereocenters. The standard InChI is InChI=1S/C20H24F2O2/c1-2-3-13-20(21,22)19(12-10-16-9-11-18(23)14-16)24-15-17-7-5-4-6-8-17/h3-8,10,12-13,16,19H,2,9,11,14-15H2,1H3/b12-10+,13-3+/t16-,19?/m1/s1. The molecule has 0 heterocycles. The average molecular weight is 334 g/mol. The Morgan fingerprint density at radius 1 is 1.33 bits per heavy atom. The average Bonchev–Trinajstić information content (AvgIpc) is 2.99. The number of carbonyl (C=O) groups is 1. The van der Waals surface area contributed by atoms with Crippen molar-refractivity contribution >= 4 is 5.78 Å². The molecule has 24 heavy (non-hydrogen) atoms. The van der Waals surface area contributed by atoms with Crippen molar-refractivity contribution in [1.29, 1.82) is 0 Å². The molecule has 0 spiro atoms. The van der Waals surface area contributed by atoms with Crippen molar-refractivity contribution in [1.82, 2.24) is 0 Å². The lowest BCUT2D eigenvalue weighted by atomic mass is 10.0. The smallest absolute Gasteiger partial charge is 0.295 e. The first-order chi connectivity index (χ1) is 11.5. The molecular formula is C20H24F2O2. The SMILES string of the molecule is CC/C=C/C(F)(F)C(/C=C/[C@H]1CCC(=O)C1)OCc1ccccc1. The summed E-state index contributed by atoms with van der Waals surface area (Å²) < 4.78 is 34.3. The van der Waals surface area contributed by atoms with Gasteiger partial charge in [0.2, 0.25) is 0 Å². The van der Waals surface area contributed by atoms with E-state index in [4.69, 9.17) is 4.74 Å². The minimum atomic E-state index is -3.08. The topological polar surface area (TPSA) is 26.3 Å². The Morgan fingerprint density at radius 2 is 2.08 bits per heavy atom. The van der Waals surface area contributed by atoms with Crippen LogP contribution in [-0.2, 0) is 16.1 Å². The van der Waals surface area contributed by atoms with E-state index in [9.17, 15) is 13.6 Å². The van der Waals surface area contributed by atoms with Crippen LogP contribution in [0.3, 0.4) is 0 Å². The number of ketones is 1. The van der Waals surface area contributed by atoms with Crippen LogP contribution in [0.1, 0.15) is 38.2 Å². The van der Waals surface area contributed by atoms with Crippen LogP contribution in [-0.4, -0.2) is 17.8 Å². The quantitative estimate of drug-likeness (QED) is 0.618. The third-order valence-electron chi connectivity index (χ3n) is 4.07. The second-order valence-corrected chi connectivity index (χ2v) is 6.13. The van der Waals surface area contributed by atoms with Crippen molar-refractivity contribution in [3.8, 4) is 0 Å². The van der Waals surface area contributed by atoms with Gasteiger partial charge in [-0.1, -0.05) is 55.5 Å². The molecule has 1 fully saturated rings. The van der Waals surface area contributed by atoms with Crippen molar-refractivity contribution in [3.63, 3.8) is 0 Å². The number of hydrogen-bond donors (Lipinski definition) is 0. The molecule has 0 radical (unpaired) electrons. The van der Waals surface area contributed by atoms with E-state index in [1.54, 1.807) is 6.08 Å².